The van der Waals surface area contributed by atoms with Gasteiger partial charge in [-0.1, -0.05) is 36.4 Å². The molecule has 3 aromatic carbocycles. The molecule has 0 aromatic heterocycles. The lowest BCUT2D eigenvalue weighted by Gasteiger charge is -2.35. The Morgan fingerprint density at radius 3 is 2.27 bits per heavy atom. The number of anilines is 1. The normalized spacial score (nSPS) is 14.5. The van der Waals surface area contributed by atoms with E-state index < -0.39 is 16.0 Å². The number of rotatable bonds is 6. The quantitative estimate of drug-likeness (QED) is 0.523. The highest BCUT2D eigenvalue weighted by molar-refractivity contribution is 7.89. The van der Waals surface area contributed by atoms with Crippen LogP contribution in [-0.4, -0.2) is 44.9 Å². The summed E-state index contributed by atoms with van der Waals surface area (Å²) in [6.07, 6.45) is 0. The fourth-order valence-electron chi connectivity index (χ4n) is 3.67. The van der Waals surface area contributed by atoms with Crippen LogP contribution in [0.3, 0.4) is 0 Å². The van der Waals surface area contributed by atoms with Crippen molar-refractivity contribution in [2.24, 2.45) is 0 Å². The van der Waals surface area contributed by atoms with Crippen LogP contribution in [0.4, 0.5) is 5.69 Å². The van der Waals surface area contributed by atoms with Crippen molar-refractivity contribution >= 4 is 21.7 Å². The molecule has 168 valence electrons. The lowest BCUT2D eigenvalue weighted by atomic mass is 10.1. The molecule has 0 radical (unpaired) electrons. The Hall–Kier alpha value is -3.67. The van der Waals surface area contributed by atoms with E-state index in [-0.39, 0.29) is 17.1 Å². The molecule has 0 unspecified atom stereocenters. The highest BCUT2D eigenvalue weighted by Gasteiger charge is 2.29. The monoisotopic (exact) mass is 461 g/mol. The van der Waals surface area contributed by atoms with E-state index in [1.165, 1.54) is 22.5 Å². The number of nitriles is 1. The van der Waals surface area contributed by atoms with Crippen LogP contribution >= 0.6 is 0 Å². The van der Waals surface area contributed by atoms with Crippen LogP contribution in [0.25, 0.3) is 0 Å². The molecule has 3 aromatic rings. The van der Waals surface area contributed by atoms with Gasteiger partial charge in [0.05, 0.1) is 22.1 Å². The molecule has 1 aliphatic rings. The van der Waals surface area contributed by atoms with Crippen molar-refractivity contribution in [3.63, 3.8) is 0 Å². The van der Waals surface area contributed by atoms with Crippen molar-refractivity contribution in [1.29, 1.82) is 5.26 Å². The summed E-state index contributed by atoms with van der Waals surface area (Å²) in [6.45, 7) is 1.95. The Morgan fingerprint density at radius 2 is 1.61 bits per heavy atom. The summed E-state index contributed by atoms with van der Waals surface area (Å²) >= 11 is 0. The topological polar surface area (TPSA) is 90.7 Å². The highest BCUT2D eigenvalue weighted by atomic mass is 32.2. The number of nitrogens with zero attached hydrogens (tertiary/aromatic N) is 3. The maximum absolute atomic E-state index is 13.2. The van der Waals surface area contributed by atoms with Crippen molar-refractivity contribution in [1.82, 2.24) is 4.31 Å². The van der Waals surface area contributed by atoms with E-state index in [9.17, 15) is 13.2 Å². The molecular formula is C25H23N3O4S. The van der Waals surface area contributed by atoms with Crippen LogP contribution in [0, 0.1) is 11.3 Å². The molecule has 1 heterocycles. The van der Waals surface area contributed by atoms with Crippen molar-refractivity contribution in [2.45, 2.75) is 11.5 Å². The molecule has 0 saturated carbocycles. The third-order valence-corrected chi connectivity index (χ3v) is 7.42. The molecule has 0 bridgehead atoms. The second-order valence-electron chi connectivity index (χ2n) is 7.64. The number of hydrogen-bond donors (Lipinski definition) is 0. The van der Waals surface area contributed by atoms with E-state index in [1.54, 1.807) is 30.3 Å². The molecule has 1 aliphatic heterocycles. The van der Waals surface area contributed by atoms with E-state index >= 15 is 0 Å². The number of ether oxygens (including phenoxy) is 1. The standard InChI is InChI=1S/C25H23N3O4S/c26-18-20-9-11-21(12-10-20)19-32-25(29)22-5-4-8-24(17-22)33(30,31)28-15-13-27(14-16-28)23-6-2-1-3-7-23/h1-12,17H,13-16,19H2. The van der Waals surface area contributed by atoms with Crippen LogP contribution in [0.15, 0.2) is 83.8 Å². The first-order valence-electron chi connectivity index (χ1n) is 10.5. The number of para-hydroxylation sites is 1. The summed E-state index contributed by atoms with van der Waals surface area (Å²) in [5.74, 6) is -0.606. The van der Waals surface area contributed by atoms with Crippen molar-refractivity contribution < 1.29 is 17.9 Å². The number of piperazine rings is 1. The van der Waals surface area contributed by atoms with E-state index in [4.69, 9.17) is 10.00 Å². The second kappa shape index (κ2) is 9.86. The first-order valence-corrected chi connectivity index (χ1v) is 12.0. The molecule has 8 heteroatoms. The van der Waals surface area contributed by atoms with Gasteiger partial charge >= 0.3 is 5.97 Å². The molecule has 0 spiro atoms. The summed E-state index contributed by atoms with van der Waals surface area (Å²) < 4.78 is 33.1. The minimum atomic E-state index is -3.73. The zero-order chi connectivity index (χ0) is 23.3. The van der Waals surface area contributed by atoms with Gasteiger partial charge in [-0.25, -0.2) is 13.2 Å². The van der Waals surface area contributed by atoms with Gasteiger partial charge in [0.1, 0.15) is 6.61 Å². The number of hydrogen-bond acceptors (Lipinski definition) is 6. The van der Waals surface area contributed by atoms with E-state index in [0.717, 1.165) is 11.3 Å². The molecule has 1 fully saturated rings. The van der Waals surface area contributed by atoms with E-state index in [1.807, 2.05) is 36.4 Å². The molecule has 4 rings (SSSR count). The van der Waals surface area contributed by atoms with Crippen LogP contribution in [0.1, 0.15) is 21.5 Å². The van der Waals surface area contributed by atoms with Gasteiger partial charge in [-0.3, -0.25) is 0 Å². The third kappa shape index (κ3) is 5.22. The lowest BCUT2D eigenvalue weighted by molar-refractivity contribution is 0.0472. The van der Waals surface area contributed by atoms with Crippen molar-refractivity contribution in [2.75, 3.05) is 31.1 Å². The molecule has 7 nitrogen and oxygen atoms in total. The SMILES string of the molecule is N#Cc1ccc(COC(=O)c2cccc(S(=O)(=O)N3CCN(c4ccccc4)CC3)c2)cc1. The molecular weight excluding hydrogens is 438 g/mol. The van der Waals surface area contributed by atoms with Gasteiger partial charge in [-0.2, -0.15) is 9.57 Å². The number of sulfonamides is 1. The van der Waals surface area contributed by atoms with Crippen LogP contribution < -0.4 is 4.90 Å². The van der Waals surface area contributed by atoms with E-state index in [2.05, 4.69) is 4.90 Å². The number of carbonyl (C=O) groups is 1. The largest absolute Gasteiger partial charge is 0.457 e. The Labute approximate surface area is 193 Å². The smallest absolute Gasteiger partial charge is 0.338 e. The van der Waals surface area contributed by atoms with Crippen molar-refractivity contribution in [3.05, 3.63) is 95.6 Å². The molecule has 1 saturated heterocycles. The summed E-state index contributed by atoms with van der Waals surface area (Å²) in [6, 6.07) is 24.6. The first-order chi connectivity index (χ1) is 16.0. The van der Waals surface area contributed by atoms with Gasteiger partial charge in [-0.05, 0) is 48.0 Å². The van der Waals surface area contributed by atoms with Gasteiger partial charge in [0.25, 0.3) is 0 Å². The van der Waals surface area contributed by atoms with Gasteiger partial charge in [0.2, 0.25) is 10.0 Å². The predicted molar refractivity (Wildman–Crippen MR) is 124 cm³/mol. The fraction of sp³-hybridized carbons (Fsp3) is 0.200. The maximum atomic E-state index is 13.2. The van der Waals surface area contributed by atoms with Gasteiger partial charge in [0.15, 0.2) is 0 Å². The van der Waals surface area contributed by atoms with Crippen LogP contribution in [-0.2, 0) is 21.4 Å². The average Bonchev–Trinajstić information content (AvgIpc) is 2.88. The van der Waals surface area contributed by atoms with Crippen LogP contribution in [0.2, 0.25) is 0 Å². The summed E-state index contributed by atoms with van der Waals surface area (Å²) in [7, 11) is -3.73. The maximum Gasteiger partial charge on any atom is 0.338 e. The second-order valence-corrected chi connectivity index (χ2v) is 9.58. The third-order valence-electron chi connectivity index (χ3n) is 5.52. The first kappa shape index (κ1) is 22.5. The van der Waals surface area contributed by atoms with Gasteiger partial charge < -0.3 is 9.64 Å². The summed E-state index contributed by atoms with van der Waals surface area (Å²) in [4.78, 5) is 14.7. The number of esters is 1. The molecule has 0 amide bonds. The molecule has 33 heavy (non-hydrogen) atoms. The Balaban J connectivity index is 1.40. The minimum Gasteiger partial charge on any atom is -0.457 e. The summed E-state index contributed by atoms with van der Waals surface area (Å²) in [5.41, 5.74) is 2.50. The van der Waals surface area contributed by atoms with Gasteiger partial charge in [-0.15, -0.1) is 0 Å². The average molecular weight is 462 g/mol. The predicted octanol–water partition coefficient (Wildman–Crippen LogP) is 3.43. The summed E-state index contributed by atoms with van der Waals surface area (Å²) in [5, 5.41) is 8.86. The van der Waals surface area contributed by atoms with Crippen molar-refractivity contribution in [3.8, 4) is 6.07 Å². The zero-order valence-corrected chi connectivity index (χ0v) is 18.7. The highest BCUT2D eigenvalue weighted by Crippen LogP contribution is 2.22. The number of benzene rings is 3. The molecule has 0 aliphatic carbocycles. The Bertz CT molecular complexity index is 1260. The molecule has 0 atom stereocenters. The van der Waals surface area contributed by atoms with E-state index in [0.29, 0.717) is 31.7 Å². The zero-order valence-electron chi connectivity index (χ0n) is 17.9. The lowest BCUT2D eigenvalue weighted by Crippen LogP contribution is -2.48. The van der Waals surface area contributed by atoms with Crippen LogP contribution in [0.5, 0.6) is 0 Å². The Kier molecular flexibility index (Phi) is 6.73. The Morgan fingerprint density at radius 1 is 0.909 bits per heavy atom. The molecule has 0 N–H and O–H groups in total. The van der Waals surface area contributed by atoms with Gasteiger partial charge in [0, 0.05) is 31.9 Å². The number of carbonyl (C=O) groups excluding carboxylic acids is 1. The fourth-order valence-corrected chi connectivity index (χ4v) is 5.13. The minimum absolute atomic E-state index is 0.0307.